The second kappa shape index (κ2) is 8.08. The molecular weight excluding hydrogens is 230 g/mol. The summed E-state index contributed by atoms with van der Waals surface area (Å²) in [6.07, 6.45) is 5.50. The molecule has 2 amide bonds. The number of carbonyl (C=O) groups excluding carboxylic acids is 2. The maximum Gasteiger partial charge on any atom is 0.223 e. The van der Waals surface area contributed by atoms with Crippen molar-refractivity contribution in [3.63, 3.8) is 0 Å². The molecule has 18 heavy (non-hydrogen) atoms. The van der Waals surface area contributed by atoms with Crippen molar-refractivity contribution in [3.8, 4) is 0 Å². The van der Waals surface area contributed by atoms with E-state index in [0.717, 1.165) is 13.0 Å². The lowest BCUT2D eigenvalue weighted by atomic mass is 10.0. The van der Waals surface area contributed by atoms with Gasteiger partial charge in [-0.25, -0.2) is 0 Å². The third-order valence-corrected chi connectivity index (χ3v) is 3.29. The fourth-order valence-electron chi connectivity index (χ4n) is 2.10. The highest BCUT2D eigenvalue weighted by Crippen LogP contribution is 2.11. The van der Waals surface area contributed by atoms with Crippen molar-refractivity contribution >= 4 is 11.8 Å². The van der Waals surface area contributed by atoms with Gasteiger partial charge < -0.3 is 15.5 Å². The van der Waals surface area contributed by atoms with Crippen LogP contribution >= 0.6 is 0 Å². The minimum absolute atomic E-state index is 0.0456. The highest BCUT2D eigenvalue weighted by atomic mass is 16.2. The molecule has 1 rings (SSSR count). The van der Waals surface area contributed by atoms with Crippen molar-refractivity contribution in [2.75, 3.05) is 27.2 Å². The van der Waals surface area contributed by atoms with Crippen molar-refractivity contribution in [1.29, 1.82) is 0 Å². The number of rotatable bonds is 6. The Morgan fingerprint density at radius 3 is 2.67 bits per heavy atom. The number of nitrogens with one attached hydrogen (secondary N) is 2. The molecule has 1 atom stereocenters. The van der Waals surface area contributed by atoms with Gasteiger partial charge in [0.05, 0.1) is 0 Å². The van der Waals surface area contributed by atoms with E-state index in [1.165, 1.54) is 24.2 Å². The molecule has 1 fully saturated rings. The van der Waals surface area contributed by atoms with Crippen LogP contribution in [0.4, 0.5) is 0 Å². The summed E-state index contributed by atoms with van der Waals surface area (Å²) in [7, 11) is 3.44. The minimum Gasteiger partial charge on any atom is -0.356 e. The van der Waals surface area contributed by atoms with Crippen molar-refractivity contribution in [2.45, 2.75) is 44.6 Å². The number of nitrogens with zero attached hydrogens (tertiary/aromatic N) is 1. The molecule has 0 bridgehead atoms. The Bertz CT molecular complexity index is 273. The van der Waals surface area contributed by atoms with Gasteiger partial charge in [-0.15, -0.1) is 0 Å². The SMILES string of the molecule is CN(C)C(=O)CCNC(=O)CCC1CCCCN1. The van der Waals surface area contributed by atoms with E-state index in [0.29, 0.717) is 25.4 Å². The summed E-state index contributed by atoms with van der Waals surface area (Å²) in [6, 6.07) is 0.493. The molecule has 1 unspecified atom stereocenters. The zero-order valence-corrected chi connectivity index (χ0v) is 11.5. The smallest absolute Gasteiger partial charge is 0.223 e. The quantitative estimate of drug-likeness (QED) is 0.726. The molecule has 1 aliphatic heterocycles. The van der Waals surface area contributed by atoms with Gasteiger partial charge in [0, 0.05) is 39.5 Å². The molecule has 5 heteroatoms. The lowest BCUT2D eigenvalue weighted by molar-refractivity contribution is -0.128. The first-order valence-corrected chi connectivity index (χ1v) is 6.80. The Kier molecular flexibility index (Phi) is 6.72. The highest BCUT2D eigenvalue weighted by molar-refractivity contribution is 5.78. The predicted octanol–water partition coefficient (Wildman–Crippen LogP) is 0.503. The van der Waals surface area contributed by atoms with E-state index in [2.05, 4.69) is 10.6 Å². The van der Waals surface area contributed by atoms with E-state index < -0.39 is 0 Å². The molecule has 104 valence electrons. The standard InChI is InChI=1S/C13H25N3O2/c1-16(2)13(18)8-10-15-12(17)7-6-11-5-3-4-9-14-11/h11,14H,3-10H2,1-2H3,(H,15,17). The van der Waals surface area contributed by atoms with E-state index in [4.69, 9.17) is 0 Å². The van der Waals surface area contributed by atoms with Crippen molar-refractivity contribution < 1.29 is 9.59 Å². The van der Waals surface area contributed by atoms with Gasteiger partial charge in [-0.05, 0) is 25.8 Å². The number of hydrogen-bond donors (Lipinski definition) is 2. The third kappa shape index (κ3) is 6.00. The van der Waals surface area contributed by atoms with Gasteiger partial charge in [-0.1, -0.05) is 6.42 Å². The number of piperidine rings is 1. The Morgan fingerprint density at radius 2 is 2.06 bits per heavy atom. The first-order chi connectivity index (χ1) is 8.59. The van der Waals surface area contributed by atoms with Crippen LogP contribution < -0.4 is 10.6 Å². The number of hydrogen-bond acceptors (Lipinski definition) is 3. The summed E-state index contributed by atoms with van der Waals surface area (Å²) >= 11 is 0. The van der Waals surface area contributed by atoms with Crippen LogP contribution in [0, 0.1) is 0 Å². The van der Waals surface area contributed by atoms with Gasteiger partial charge >= 0.3 is 0 Å². The van der Waals surface area contributed by atoms with E-state index in [1.54, 1.807) is 14.1 Å². The summed E-state index contributed by atoms with van der Waals surface area (Å²) in [5, 5.41) is 6.22. The monoisotopic (exact) mass is 255 g/mol. The largest absolute Gasteiger partial charge is 0.356 e. The first-order valence-electron chi connectivity index (χ1n) is 6.80. The molecule has 2 N–H and O–H groups in total. The lowest BCUT2D eigenvalue weighted by Gasteiger charge is -2.23. The van der Waals surface area contributed by atoms with Crippen LogP contribution in [0.5, 0.6) is 0 Å². The Labute approximate surface area is 109 Å². The van der Waals surface area contributed by atoms with Crippen LogP contribution in [-0.2, 0) is 9.59 Å². The van der Waals surface area contributed by atoms with Gasteiger partial charge in [0.25, 0.3) is 0 Å². The molecule has 0 spiro atoms. The maximum absolute atomic E-state index is 11.6. The summed E-state index contributed by atoms with van der Waals surface area (Å²) < 4.78 is 0. The molecular formula is C13H25N3O2. The van der Waals surface area contributed by atoms with Gasteiger partial charge in [0.1, 0.15) is 0 Å². The number of amides is 2. The minimum atomic E-state index is 0.0456. The summed E-state index contributed by atoms with van der Waals surface area (Å²) in [5.41, 5.74) is 0. The molecule has 0 aromatic carbocycles. The van der Waals surface area contributed by atoms with Crippen LogP contribution in [0.3, 0.4) is 0 Å². The fraction of sp³-hybridized carbons (Fsp3) is 0.846. The molecule has 0 aromatic rings. The summed E-state index contributed by atoms with van der Waals surface area (Å²) in [4.78, 5) is 24.4. The van der Waals surface area contributed by atoms with E-state index in [9.17, 15) is 9.59 Å². The molecule has 1 saturated heterocycles. The Hall–Kier alpha value is -1.10. The highest BCUT2D eigenvalue weighted by Gasteiger charge is 2.14. The zero-order valence-electron chi connectivity index (χ0n) is 11.5. The summed E-state index contributed by atoms with van der Waals surface area (Å²) in [6.45, 7) is 1.51. The van der Waals surface area contributed by atoms with Gasteiger partial charge in [0.15, 0.2) is 0 Å². The van der Waals surface area contributed by atoms with Crippen molar-refractivity contribution in [1.82, 2.24) is 15.5 Å². The molecule has 5 nitrogen and oxygen atoms in total. The average molecular weight is 255 g/mol. The van der Waals surface area contributed by atoms with Crippen LogP contribution in [0.1, 0.15) is 38.5 Å². The second-order valence-electron chi connectivity index (χ2n) is 5.07. The summed E-state index contributed by atoms with van der Waals surface area (Å²) in [5.74, 6) is 0.0955. The second-order valence-corrected chi connectivity index (χ2v) is 5.07. The maximum atomic E-state index is 11.6. The van der Waals surface area contributed by atoms with E-state index in [1.807, 2.05) is 0 Å². The molecule has 0 aromatic heterocycles. The zero-order chi connectivity index (χ0) is 13.4. The molecule has 1 aliphatic rings. The van der Waals surface area contributed by atoms with Gasteiger partial charge in [-0.3, -0.25) is 9.59 Å². The molecule has 0 radical (unpaired) electrons. The Morgan fingerprint density at radius 1 is 1.28 bits per heavy atom. The van der Waals surface area contributed by atoms with Gasteiger partial charge in [0.2, 0.25) is 11.8 Å². The van der Waals surface area contributed by atoms with E-state index in [-0.39, 0.29) is 11.8 Å². The topological polar surface area (TPSA) is 61.4 Å². The molecule has 0 saturated carbocycles. The van der Waals surface area contributed by atoms with Gasteiger partial charge in [-0.2, -0.15) is 0 Å². The van der Waals surface area contributed by atoms with Crippen molar-refractivity contribution in [2.24, 2.45) is 0 Å². The fourth-order valence-corrected chi connectivity index (χ4v) is 2.10. The predicted molar refractivity (Wildman–Crippen MR) is 71.2 cm³/mol. The lowest BCUT2D eigenvalue weighted by Crippen LogP contribution is -2.36. The third-order valence-electron chi connectivity index (χ3n) is 3.29. The van der Waals surface area contributed by atoms with E-state index >= 15 is 0 Å². The van der Waals surface area contributed by atoms with Crippen LogP contribution in [0.25, 0.3) is 0 Å². The first kappa shape index (κ1) is 15.0. The van der Waals surface area contributed by atoms with Crippen molar-refractivity contribution in [3.05, 3.63) is 0 Å². The molecule has 1 heterocycles. The number of carbonyl (C=O) groups is 2. The van der Waals surface area contributed by atoms with Crippen LogP contribution in [0.2, 0.25) is 0 Å². The molecule has 0 aliphatic carbocycles. The average Bonchev–Trinajstić information content (AvgIpc) is 2.37. The van der Waals surface area contributed by atoms with Crippen LogP contribution in [0.15, 0.2) is 0 Å². The Balaban J connectivity index is 2.04. The van der Waals surface area contributed by atoms with Crippen LogP contribution in [-0.4, -0.2) is 49.9 Å². The normalized spacial score (nSPS) is 19.3.